The molecule has 0 saturated carbocycles. The van der Waals surface area contributed by atoms with E-state index in [9.17, 15) is 9.90 Å². The first-order valence-electron chi connectivity index (χ1n) is 6.36. The van der Waals surface area contributed by atoms with Crippen molar-refractivity contribution < 1.29 is 49.3 Å². The van der Waals surface area contributed by atoms with Crippen LogP contribution >= 0.6 is 67.8 Å². The standard InChI is InChI=1S/C15H12I3NO4.Na/c16-10-6-8(23-12-4-1-7(20)5-11(12)17)2-3-9(10)13(18)14(19)15(21)22;/h1-6,13-14,20H,19H2,(H,21,22);/q;+1/p-1/t13?,14-;/m0./s1. The number of benzene rings is 2. The van der Waals surface area contributed by atoms with Gasteiger partial charge < -0.3 is 20.7 Å². The molecule has 0 radical (unpaired) electrons. The van der Waals surface area contributed by atoms with Gasteiger partial charge in [0, 0.05) is 3.57 Å². The number of aliphatic carboxylic acids is 1. The van der Waals surface area contributed by atoms with Crippen LogP contribution in [0.15, 0.2) is 36.4 Å². The van der Waals surface area contributed by atoms with Gasteiger partial charge in [-0.15, -0.1) is 5.75 Å². The molecule has 2 aromatic rings. The Morgan fingerprint density at radius 3 is 2.38 bits per heavy atom. The van der Waals surface area contributed by atoms with Crippen LogP contribution in [0.4, 0.5) is 0 Å². The van der Waals surface area contributed by atoms with Gasteiger partial charge in [0.25, 0.3) is 0 Å². The fourth-order valence-electron chi connectivity index (χ4n) is 1.80. The van der Waals surface area contributed by atoms with Crippen molar-refractivity contribution in [1.82, 2.24) is 0 Å². The van der Waals surface area contributed by atoms with Crippen molar-refractivity contribution >= 4 is 73.7 Å². The van der Waals surface area contributed by atoms with Gasteiger partial charge in [-0.2, -0.15) is 0 Å². The van der Waals surface area contributed by atoms with Gasteiger partial charge in [0.2, 0.25) is 0 Å². The van der Waals surface area contributed by atoms with E-state index in [1.807, 2.05) is 57.3 Å². The van der Waals surface area contributed by atoms with Gasteiger partial charge >= 0.3 is 35.5 Å². The number of ether oxygens (including phenoxy) is 1. The Labute approximate surface area is 202 Å². The third-order valence-electron chi connectivity index (χ3n) is 3.00. The van der Waals surface area contributed by atoms with Crippen LogP contribution in [0, 0.1) is 7.14 Å². The number of hydrogen-bond acceptors (Lipinski definition) is 4. The summed E-state index contributed by atoms with van der Waals surface area (Å²) in [4.78, 5) is 11.0. The van der Waals surface area contributed by atoms with E-state index in [0.717, 1.165) is 12.7 Å². The van der Waals surface area contributed by atoms with Crippen LogP contribution in [0.1, 0.15) is 9.49 Å². The number of rotatable bonds is 5. The molecule has 3 N–H and O–H groups in total. The Hall–Kier alpha value is 0.660. The predicted molar refractivity (Wildman–Crippen MR) is 110 cm³/mol. The molecule has 0 aliphatic heterocycles. The average Bonchev–Trinajstić information content (AvgIpc) is 2.48. The Bertz CT molecular complexity index is 745. The van der Waals surface area contributed by atoms with E-state index in [-0.39, 0.29) is 39.2 Å². The van der Waals surface area contributed by atoms with E-state index in [4.69, 9.17) is 15.6 Å². The van der Waals surface area contributed by atoms with Gasteiger partial charge in [-0.3, -0.25) is 4.79 Å². The van der Waals surface area contributed by atoms with Gasteiger partial charge in [-0.05, 0) is 68.9 Å². The molecule has 5 nitrogen and oxygen atoms in total. The molecule has 122 valence electrons. The summed E-state index contributed by atoms with van der Waals surface area (Å²) in [6, 6.07) is 9.00. The second kappa shape index (κ2) is 10.1. The molecule has 0 spiro atoms. The molecule has 1 unspecified atom stereocenters. The molecule has 0 aromatic heterocycles. The average molecular weight is 673 g/mol. The van der Waals surface area contributed by atoms with E-state index in [2.05, 4.69) is 22.6 Å². The number of nitrogens with two attached hydrogens (primary N) is 1. The molecule has 9 heteroatoms. The van der Waals surface area contributed by atoms with E-state index < -0.39 is 12.0 Å². The number of halogens is 3. The van der Waals surface area contributed by atoms with Gasteiger partial charge in [-0.1, -0.05) is 40.8 Å². The van der Waals surface area contributed by atoms with Crippen molar-refractivity contribution in [2.24, 2.45) is 5.73 Å². The first-order valence-corrected chi connectivity index (χ1v) is 9.76. The molecule has 0 bridgehead atoms. The van der Waals surface area contributed by atoms with E-state index in [0.29, 0.717) is 11.5 Å². The van der Waals surface area contributed by atoms with Crippen molar-refractivity contribution in [3.8, 4) is 17.2 Å². The monoisotopic (exact) mass is 673 g/mol. The first-order chi connectivity index (χ1) is 10.8. The molecule has 24 heavy (non-hydrogen) atoms. The molecule has 0 heterocycles. The Morgan fingerprint density at radius 1 is 1.17 bits per heavy atom. The maximum absolute atomic E-state index is 11.3. The van der Waals surface area contributed by atoms with Crippen molar-refractivity contribution in [1.29, 1.82) is 0 Å². The van der Waals surface area contributed by atoms with Crippen LogP contribution in [0.2, 0.25) is 0 Å². The minimum atomic E-state index is -1.03. The molecule has 0 fully saturated rings. The predicted octanol–water partition coefficient (Wildman–Crippen LogP) is 0.654. The fourth-order valence-corrected chi connectivity index (χ4v) is 4.67. The molecule has 0 aliphatic carbocycles. The van der Waals surface area contributed by atoms with E-state index in [1.165, 1.54) is 12.1 Å². The van der Waals surface area contributed by atoms with Crippen LogP contribution in [0.25, 0.3) is 0 Å². The number of carbonyl (C=O) groups is 1. The second-order valence-electron chi connectivity index (χ2n) is 4.64. The van der Waals surface area contributed by atoms with E-state index >= 15 is 0 Å². The van der Waals surface area contributed by atoms with Crippen molar-refractivity contribution in [3.05, 3.63) is 49.1 Å². The van der Waals surface area contributed by atoms with Crippen molar-refractivity contribution in [3.63, 3.8) is 0 Å². The fraction of sp³-hybridized carbons (Fsp3) is 0.133. The third-order valence-corrected chi connectivity index (χ3v) is 6.22. The van der Waals surface area contributed by atoms with Crippen molar-refractivity contribution in [2.45, 2.75) is 9.97 Å². The van der Waals surface area contributed by atoms with Gasteiger partial charge in [0.05, 0.1) is 7.49 Å². The molecule has 0 amide bonds. The molecule has 2 aromatic carbocycles. The van der Waals surface area contributed by atoms with Crippen LogP contribution in [-0.2, 0) is 4.79 Å². The number of carboxylic acids is 1. The quantitative estimate of drug-likeness (QED) is 0.277. The summed E-state index contributed by atoms with van der Waals surface area (Å²) in [7, 11) is 0. The van der Waals surface area contributed by atoms with Gasteiger partial charge in [-0.25, -0.2) is 0 Å². The molecular formula is C15H11I3NNaO4. The molecular weight excluding hydrogens is 662 g/mol. The van der Waals surface area contributed by atoms with E-state index in [1.54, 1.807) is 12.1 Å². The largest absolute Gasteiger partial charge is 1.00 e. The maximum atomic E-state index is 11.3. The zero-order chi connectivity index (χ0) is 17.1. The molecule has 0 aliphatic rings. The summed E-state index contributed by atoms with van der Waals surface area (Å²) in [5, 5.41) is 20.3. The topological polar surface area (TPSA) is 95.6 Å². The van der Waals surface area contributed by atoms with Crippen LogP contribution in [0.3, 0.4) is 0 Å². The van der Waals surface area contributed by atoms with Gasteiger partial charge in [0.15, 0.2) is 0 Å². The van der Waals surface area contributed by atoms with Crippen molar-refractivity contribution in [2.75, 3.05) is 0 Å². The van der Waals surface area contributed by atoms with Crippen LogP contribution in [0.5, 0.6) is 17.2 Å². The van der Waals surface area contributed by atoms with Crippen LogP contribution in [-0.4, -0.2) is 17.1 Å². The Morgan fingerprint density at radius 2 is 1.83 bits per heavy atom. The first kappa shape index (κ1) is 22.7. The zero-order valence-electron chi connectivity index (χ0n) is 12.5. The normalized spacial score (nSPS) is 12.8. The molecule has 2 rings (SSSR count). The Kier molecular flexibility index (Phi) is 9.57. The maximum Gasteiger partial charge on any atom is 1.00 e. The summed E-state index contributed by atoms with van der Waals surface area (Å²) >= 11 is 6.21. The Balaban J connectivity index is 0.00000288. The summed E-state index contributed by atoms with van der Waals surface area (Å²) < 4.78 is 7.04. The van der Waals surface area contributed by atoms with Gasteiger partial charge in [0.1, 0.15) is 17.5 Å². The third kappa shape index (κ3) is 5.84. The minimum absolute atomic E-state index is 0. The molecule has 0 saturated heterocycles. The summed E-state index contributed by atoms with van der Waals surface area (Å²) in [5.41, 5.74) is 6.53. The van der Waals surface area contributed by atoms with Crippen LogP contribution < -0.4 is 45.1 Å². The SMILES string of the molecule is N[C@H](C(=O)O)C(I)c1ccc(Oc2ccc([O-])cc2I)cc1I.[Na+]. The summed E-state index contributed by atoms with van der Waals surface area (Å²) in [6.07, 6.45) is 0. The number of alkyl halides is 1. The number of carboxylic acid groups (broad SMARTS) is 1. The summed E-state index contributed by atoms with van der Waals surface area (Å²) in [5.74, 6) is 0.110. The summed E-state index contributed by atoms with van der Waals surface area (Å²) in [6.45, 7) is 0. The number of hydrogen-bond donors (Lipinski definition) is 2. The smallest absolute Gasteiger partial charge is 0.872 e. The second-order valence-corrected chi connectivity index (χ2v) is 8.31. The minimum Gasteiger partial charge on any atom is -0.872 e. The zero-order valence-corrected chi connectivity index (χ0v) is 21.0. The molecule has 2 atom stereocenters.